The number of aromatic nitrogens is 2. The van der Waals surface area contributed by atoms with Crippen molar-refractivity contribution in [3.05, 3.63) is 95.6 Å². The molecule has 0 atom stereocenters. The monoisotopic (exact) mass is 454 g/mol. The maximum absolute atomic E-state index is 13.2. The van der Waals surface area contributed by atoms with Gasteiger partial charge in [0.1, 0.15) is 11.5 Å². The molecule has 0 radical (unpaired) electrons. The lowest BCUT2D eigenvalue weighted by molar-refractivity contribution is -0.126. The van der Waals surface area contributed by atoms with Crippen molar-refractivity contribution in [3.8, 4) is 11.3 Å². The van der Waals surface area contributed by atoms with E-state index >= 15 is 0 Å². The molecule has 0 spiro atoms. The van der Waals surface area contributed by atoms with Crippen LogP contribution in [0, 0.1) is 19.7 Å². The molecule has 2 aromatic carbocycles. The molecule has 5 nitrogen and oxygen atoms in total. The molecule has 172 valence electrons. The number of piperazine rings is 1. The Morgan fingerprint density at radius 1 is 0.912 bits per heavy atom. The Hall–Kier alpha value is -3.93. The van der Waals surface area contributed by atoms with Gasteiger partial charge in [0, 0.05) is 49.7 Å². The Balaban J connectivity index is 1.36. The number of halogens is 1. The molecule has 1 aliphatic heterocycles. The quantitative estimate of drug-likeness (QED) is 0.402. The first-order valence-corrected chi connectivity index (χ1v) is 11.5. The molecular formula is C28H27FN4O. The summed E-state index contributed by atoms with van der Waals surface area (Å²) in [6.45, 7) is 6.79. The van der Waals surface area contributed by atoms with E-state index < -0.39 is 0 Å². The van der Waals surface area contributed by atoms with Crippen LogP contribution in [0.1, 0.15) is 16.8 Å². The van der Waals surface area contributed by atoms with Gasteiger partial charge in [-0.3, -0.25) is 9.20 Å². The molecule has 0 saturated carbocycles. The number of rotatable bonds is 4. The highest BCUT2D eigenvalue weighted by atomic mass is 19.1. The van der Waals surface area contributed by atoms with Crippen molar-refractivity contribution in [3.63, 3.8) is 0 Å². The van der Waals surface area contributed by atoms with Gasteiger partial charge in [-0.2, -0.15) is 0 Å². The molecule has 34 heavy (non-hydrogen) atoms. The van der Waals surface area contributed by atoms with E-state index in [0.29, 0.717) is 26.2 Å². The lowest BCUT2D eigenvalue weighted by Gasteiger charge is -2.35. The van der Waals surface area contributed by atoms with E-state index in [9.17, 15) is 9.18 Å². The van der Waals surface area contributed by atoms with Gasteiger partial charge in [-0.05, 0) is 61.9 Å². The Labute approximate surface area is 198 Å². The van der Waals surface area contributed by atoms with E-state index in [1.807, 2.05) is 40.6 Å². The zero-order chi connectivity index (χ0) is 23.7. The summed E-state index contributed by atoms with van der Waals surface area (Å²) in [6, 6.07) is 18.9. The Bertz CT molecular complexity index is 1350. The minimum absolute atomic E-state index is 0.0179. The van der Waals surface area contributed by atoms with E-state index in [0.717, 1.165) is 33.8 Å². The summed E-state index contributed by atoms with van der Waals surface area (Å²) in [7, 11) is 0. The molecule has 1 aliphatic rings. The average molecular weight is 455 g/mol. The van der Waals surface area contributed by atoms with Crippen LogP contribution in [0.4, 0.5) is 10.1 Å². The highest BCUT2D eigenvalue weighted by Crippen LogP contribution is 2.26. The van der Waals surface area contributed by atoms with Gasteiger partial charge in [-0.15, -0.1) is 0 Å². The number of nitrogens with zero attached hydrogens (tertiary/aromatic N) is 4. The van der Waals surface area contributed by atoms with Gasteiger partial charge in [0.05, 0.1) is 11.4 Å². The van der Waals surface area contributed by atoms with E-state index in [-0.39, 0.29) is 11.7 Å². The van der Waals surface area contributed by atoms with Gasteiger partial charge < -0.3 is 9.80 Å². The van der Waals surface area contributed by atoms with Crippen molar-refractivity contribution in [2.75, 3.05) is 31.1 Å². The molecular weight excluding hydrogens is 427 g/mol. The third-order valence-electron chi connectivity index (χ3n) is 6.31. The van der Waals surface area contributed by atoms with Gasteiger partial charge >= 0.3 is 0 Å². The van der Waals surface area contributed by atoms with E-state index in [4.69, 9.17) is 4.98 Å². The first kappa shape index (κ1) is 21.9. The fourth-order valence-electron chi connectivity index (χ4n) is 4.34. The van der Waals surface area contributed by atoms with Crippen LogP contribution in [0.15, 0.2) is 72.9 Å². The molecule has 0 aliphatic carbocycles. The molecule has 6 heteroatoms. The minimum atomic E-state index is -0.240. The van der Waals surface area contributed by atoms with E-state index in [1.54, 1.807) is 18.2 Å². The average Bonchev–Trinajstić information content (AvgIpc) is 3.21. The summed E-state index contributed by atoms with van der Waals surface area (Å²) in [5.41, 5.74) is 6.93. The second kappa shape index (κ2) is 9.14. The summed E-state index contributed by atoms with van der Waals surface area (Å²) in [5.74, 6) is -0.258. The summed E-state index contributed by atoms with van der Waals surface area (Å²) in [4.78, 5) is 21.9. The summed E-state index contributed by atoms with van der Waals surface area (Å²) >= 11 is 0. The van der Waals surface area contributed by atoms with Crippen molar-refractivity contribution in [2.24, 2.45) is 0 Å². The second-order valence-corrected chi connectivity index (χ2v) is 8.77. The zero-order valence-electron chi connectivity index (χ0n) is 19.4. The number of hydrogen-bond donors (Lipinski definition) is 0. The molecule has 1 fully saturated rings. The van der Waals surface area contributed by atoms with Crippen LogP contribution in [-0.2, 0) is 4.79 Å². The Kier molecular flexibility index (Phi) is 5.88. The van der Waals surface area contributed by atoms with Crippen LogP contribution in [-0.4, -0.2) is 46.4 Å². The fourth-order valence-corrected chi connectivity index (χ4v) is 4.34. The Morgan fingerprint density at radius 2 is 1.62 bits per heavy atom. The smallest absolute Gasteiger partial charge is 0.246 e. The van der Waals surface area contributed by atoms with Crippen molar-refractivity contribution < 1.29 is 9.18 Å². The Morgan fingerprint density at radius 3 is 2.32 bits per heavy atom. The number of benzene rings is 2. The molecule has 0 unspecified atom stereocenters. The van der Waals surface area contributed by atoms with Crippen LogP contribution in [0.3, 0.4) is 0 Å². The molecule has 1 amide bonds. The highest BCUT2D eigenvalue weighted by Gasteiger charge is 2.20. The largest absolute Gasteiger partial charge is 0.368 e. The van der Waals surface area contributed by atoms with Crippen molar-refractivity contribution in [1.82, 2.24) is 14.3 Å². The first-order valence-electron chi connectivity index (χ1n) is 11.5. The van der Waals surface area contributed by atoms with Crippen LogP contribution >= 0.6 is 0 Å². The number of carbonyl (C=O) groups excluding carboxylic acids is 1. The fraction of sp³-hybridized carbons (Fsp3) is 0.214. The number of fused-ring (bicyclic) bond motifs is 1. The van der Waals surface area contributed by atoms with Crippen LogP contribution in [0.25, 0.3) is 23.0 Å². The molecule has 1 saturated heterocycles. The summed E-state index contributed by atoms with van der Waals surface area (Å²) in [6.07, 6.45) is 5.52. The van der Waals surface area contributed by atoms with Crippen LogP contribution in [0.5, 0.6) is 0 Å². The van der Waals surface area contributed by atoms with Gasteiger partial charge in [0.2, 0.25) is 5.91 Å². The minimum Gasteiger partial charge on any atom is -0.368 e. The van der Waals surface area contributed by atoms with E-state index in [2.05, 4.69) is 36.1 Å². The molecule has 0 N–H and O–H groups in total. The van der Waals surface area contributed by atoms with Gasteiger partial charge in [0.25, 0.3) is 0 Å². The van der Waals surface area contributed by atoms with Gasteiger partial charge in [-0.25, -0.2) is 9.37 Å². The summed E-state index contributed by atoms with van der Waals surface area (Å²) in [5, 5.41) is 0. The molecule has 4 aromatic rings. The van der Waals surface area contributed by atoms with Gasteiger partial charge in [0.15, 0.2) is 0 Å². The SMILES string of the molecule is Cc1ccc(-c2nc3cc(C)ccn3c2/C=C/C(=O)N2CCN(c3ccc(F)cc3)CC2)cc1. The van der Waals surface area contributed by atoms with E-state index in [1.165, 1.54) is 17.7 Å². The number of anilines is 1. The predicted molar refractivity (Wildman–Crippen MR) is 134 cm³/mol. The predicted octanol–water partition coefficient (Wildman–Crippen LogP) is 5.12. The summed E-state index contributed by atoms with van der Waals surface area (Å²) < 4.78 is 15.2. The number of carbonyl (C=O) groups is 1. The highest BCUT2D eigenvalue weighted by molar-refractivity contribution is 5.93. The maximum Gasteiger partial charge on any atom is 0.246 e. The van der Waals surface area contributed by atoms with Crippen molar-refractivity contribution in [1.29, 1.82) is 0 Å². The molecule has 2 aromatic heterocycles. The molecule has 3 heterocycles. The first-order chi connectivity index (χ1) is 16.5. The van der Waals surface area contributed by atoms with Crippen LogP contribution in [0.2, 0.25) is 0 Å². The lowest BCUT2D eigenvalue weighted by Crippen LogP contribution is -2.48. The molecule has 5 rings (SSSR count). The number of imidazole rings is 1. The van der Waals surface area contributed by atoms with Gasteiger partial charge in [-0.1, -0.05) is 29.8 Å². The zero-order valence-corrected chi connectivity index (χ0v) is 19.4. The topological polar surface area (TPSA) is 40.9 Å². The molecule has 0 bridgehead atoms. The second-order valence-electron chi connectivity index (χ2n) is 8.77. The number of aryl methyl sites for hydroxylation is 2. The van der Waals surface area contributed by atoms with Crippen molar-refractivity contribution >= 4 is 23.3 Å². The third-order valence-corrected chi connectivity index (χ3v) is 6.31. The third kappa shape index (κ3) is 4.44. The van der Waals surface area contributed by atoms with Crippen LogP contribution < -0.4 is 4.90 Å². The number of hydrogen-bond acceptors (Lipinski definition) is 3. The van der Waals surface area contributed by atoms with Crippen molar-refractivity contribution in [2.45, 2.75) is 13.8 Å². The standard InChI is InChI=1S/C28H27FN4O/c1-20-3-5-22(6-4-20)28-25(33-14-13-21(2)19-26(33)30-28)11-12-27(34)32-17-15-31(16-18-32)24-9-7-23(29)8-10-24/h3-14,19H,15-18H2,1-2H3/b12-11+. The number of pyridine rings is 1. The normalized spacial score (nSPS) is 14.3. The maximum atomic E-state index is 13.2. The number of amides is 1. The lowest BCUT2D eigenvalue weighted by atomic mass is 10.1.